The number of carbonyl (C=O) groups is 1. The summed E-state index contributed by atoms with van der Waals surface area (Å²) < 4.78 is 15.4. The van der Waals surface area contributed by atoms with Gasteiger partial charge in [0.05, 0.1) is 6.61 Å². The lowest BCUT2D eigenvalue weighted by Gasteiger charge is -2.17. The van der Waals surface area contributed by atoms with Crippen LogP contribution in [0.3, 0.4) is 0 Å². The van der Waals surface area contributed by atoms with Crippen molar-refractivity contribution in [2.75, 3.05) is 13.7 Å². The Balaban J connectivity index is 3.15. The number of rotatable bonds is 5. The third-order valence-corrected chi connectivity index (χ3v) is 2.10. The van der Waals surface area contributed by atoms with Crippen LogP contribution in [0, 0.1) is 0 Å². The molecular formula is C10H15NO5. The Hall–Kier alpha value is -1.56. The molecule has 0 saturated carbocycles. The Labute approximate surface area is 93.2 Å². The predicted molar refractivity (Wildman–Crippen MR) is 54.7 cm³/mol. The first-order chi connectivity index (χ1) is 7.42. The third-order valence-electron chi connectivity index (χ3n) is 2.10. The molecule has 1 rings (SSSR count). The SMILES string of the molecule is CCOc1oc(C(C)(C)OC)nc1C(=O)O. The van der Waals surface area contributed by atoms with Crippen molar-refractivity contribution >= 4 is 5.97 Å². The van der Waals surface area contributed by atoms with Crippen LogP contribution in [-0.4, -0.2) is 29.8 Å². The highest BCUT2D eigenvalue weighted by Gasteiger charge is 2.31. The van der Waals surface area contributed by atoms with Crippen molar-refractivity contribution in [1.29, 1.82) is 0 Å². The van der Waals surface area contributed by atoms with Gasteiger partial charge in [0.2, 0.25) is 11.6 Å². The van der Waals surface area contributed by atoms with Crippen molar-refractivity contribution in [1.82, 2.24) is 4.98 Å². The van der Waals surface area contributed by atoms with Crippen LogP contribution in [0.2, 0.25) is 0 Å². The fourth-order valence-electron chi connectivity index (χ4n) is 1.02. The van der Waals surface area contributed by atoms with E-state index < -0.39 is 11.6 Å². The molecule has 0 amide bonds. The summed E-state index contributed by atoms with van der Waals surface area (Å²) >= 11 is 0. The molecule has 6 nitrogen and oxygen atoms in total. The second-order valence-electron chi connectivity index (χ2n) is 3.61. The number of aromatic nitrogens is 1. The zero-order valence-corrected chi connectivity index (χ0v) is 9.73. The van der Waals surface area contributed by atoms with Gasteiger partial charge in [-0.1, -0.05) is 0 Å². The maximum absolute atomic E-state index is 10.9. The lowest BCUT2D eigenvalue weighted by atomic mass is 10.1. The van der Waals surface area contributed by atoms with E-state index in [9.17, 15) is 4.79 Å². The van der Waals surface area contributed by atoms with Crippen molar-refractivity contribution < 1.29 is 23.8 Å². The third kappa shape index (κ3) is 2.33. The van der Waals surface area contributed by atoms with Gasteiger partial charge >= 0.3 is 11.9 Å². The zero-order chi connectivity index (χ0) is 12.3. The molecule has 0 saturated heterocycles. The molecule has 0 radical (unpaired) electrons. The summed E-state index contributed by atoms with van der Waals surface area (Å²) in [4.78, 5) is 14.7. The fraction of sp³-hybridized carbons (Fsp3) is 0.600. The number of oxazole rings is 1. The number of hydrogen-bond donors (Lipinski definition) is 1. The number of methoxy groups -OCH3 is 1. The van der Waals surface area contributed by atoms with Crippen molar-refractivity contribution in [3.63, 3.8) is 0 Å². The summed E-state index contributed by atoms with van der Waals surface area (Å²) in [5.74, 6) is -1.10. The van der Waals surface area contributed by atoms with Crippen LogP contribution < -0.4 is 4.74 Å². The van der Waals surface area contributed by atoms with E-state index in [4.69, 9.17) is 19.0 Å². The number of ether oxygens (including phenoxy) is 2. The van der Waals surface area contributed by atoms with Gasteiger partial charge in [-0.25, -0.2) is 9.78 Å². The molecule has 90 valence electrons. The van der Waals surface area contributed by atoms with E-state index in [1.807, 2.05) is 0 Å². The average molecular weight is 229 g/mol. The summed E-state index contributed by atoms with van der Waals surface area (Å²) in [5.41, 5.74) is -1.03. The Bertz CT molecular complexity index is 383. The van der Waals surface area contributed by atoms with E-state index >= 15 is 0 Å². The summed E-state index contributed by atoms with van der Waals surface area (Å²) in [5, 5.41) is 8.90. The molecule has 0 aliphatic carbocycles. The minimum absolute atomic E-state index is 0.0878. The standard InChI is InChI=1S/C10H15NO5/c1-5-15-8-6(7(12)13)11-9(16-8)10(2,3)14-4/h5H2,1-4H3,(H,12,13). The Kier molecular flexibility index (Phi) is 3.54. The molecule has 0 bridgehead atoms. The van der Waals surface area contributed by atoms with Gasteiger partial charge in [-0.15, -0.1) is 0 Å². The topological polar surface area (TPSA) is 81.8 Å². The van der Waals surface area contributed by atoms with E-state index in [2.05, 4.69) is 4.98 Å². The quantitative estimate of drug-likeness (QED) is 0.826. The smallest absolute Gasteiger partial charge is 0.362 e. The van der Waals surface area contributed by atoms with Crippen LogP contribution >= 0.6 is 0 Å². The van der Waals surface area contributed by atoms with Crippen LogP contribution in [0.4, 0.5) is 0 Å². The molecule has 1 N–H and O–H groups in total. The molecule has 0 atom stereocenters. The molecule has 1 aromatic heterocycles. The molecule has 0 fully saturated rings. The summed E-state index contributed by atoms with van der Waals surface area (Å²) in [6, 6.07) is 0. The van der Waals surface area contributed by atoms with Crippen molar-refractivity contribution in [3.05, 3.63) is 11.6 Å². The molecule has 0 aromatic carbocycles. The number of carboxylic acid groups (broad SMARTS) is 1. The molecule has 0 aliphatic heterocycles. The average Bonchev–Trinajstić information content (AvgIpc) is 2.63. The molecule has 16 heavy (non-hydrogen) atoms. The fourth-order valence-corrected chi connectivity index (χ4v) is 1.02. The van der Waals surface area contributed by atoms with E-state index in [1.165, 1.54) is 7.11 Å². The zero-order valence-electron chi connectivity index (χ0n) is 9.73. The molecule has 6 heteroatoms. The van der Waals surface area contributed by atoms with Crippen LogP contribution in [0.15, 0.2) is 4.42 Å². The highest BCUT2D eigenvalue weighted by molar-refractivity contribution is 5.87. The van der Waals surface area contributed by atoms with Crippen LogP contribution in [0.1, 0.15) is 37.2 Å². The second kappa shape index (κ2) is 4.52. The van der Waals surface area contributed by atoms with Gasteiger partial charge in [-0.3, -0.25) is 0 Å². The normalized spacial score (nSPS) is 11.5. The van der Waals surface area contributed by atoms with Crippen molar-refractivity contribution in [2.45, 2.75) is 26.4 Å². The van der Waals surface area contributed by atoms with E-state index in [1.54, 1.807) is 20.8 Å². The Morgan fingerprint density at radius 3 is 2.62 bits per heavy atom. The minimum atomic E-state index is -1.19. The highest BCUT2D eigenvalue weighted by atomic mass is 16.6. The lowest BCUT2D eigenvalue weighted by molar-refractivity contribution is -0.00603. The monoisotopic (exact) mass is 229 g/mol. The molecule has 0 unspecified atom stereocenters. The van der Waals surface area contributed by atoms with Crippen LogP contribution in [-0.2, 0) is 10.3 Å². The van der Waals surface area contributed by atoms with Gasteiger partial charge in [-0.05, 0) is 20.8 Å². The maximum Gasteiger partial charge on any atom is 0.362 e. The van der Waals surface area contributed by atoms with Gasteiger partial charge < -0.3 is 19.0 Å². The van der Waals surface area contributed by atoms with E-state index in [0.717, 1.165) is 0 Å². The first-order valence-corrected chi connectivity index (χ1v) is 4.85. The predicted octanol–water partition coefficient (Wildman–Crippen LogP) is 1.65. The molecule has 0 aliphatic rings. The second-order valence-corrected chi connectivity index (χ2v) is 3.61. The minimum Gasteiger partial charge on any atom is -0.476 e. The summed E-state index contributed by atoms with van der Waals surface area (Å²) in [6.45, 7) is 5.48. The largest absolute Gasteiger partial charge is 0.476 e. The van der Waals surface area contributed by atoms with E-state index in [-0.39, 0.29) is 17.5 Å². The van der Waals surface area contributed by atoms with Gasteiger partial charge in [-0.2, -0.15) is 0 Å². The van der Waals surface area contributed by atoms with Crippen molar-refractivity contribution in [2.24, 2.45) is 0 Å². The van der Waals surface area contributed by atoms with Crippen molar-refractivity contribution in [3.8, 4) is 5.95 Å². The van der Waals surface area contributed by atoms with Gasteiger partial charge in [0, 0.05) is 7.11 Å². The Morgan fingerprint density at radius 2 is 2.19 bits per heavy atom. The highest BCUT2D eigenvalue weighted by Crippen LogP contribution is 2.29. The first kappa shape index (κ1) is 12.5. The Morgan fingerprint density at radius 1 is 1.56 bits per heavy atom. The van der Waals surface area contributed by atoms with E-state index in [0.29, 0.717) is 6.61 Å². The first-order valence-electron chi connectivity index (χ1n) is 4.85. The number of aromatic carboxylic acids is 1. The summed E-state index contributed by atoms with van der Waals surface area (Å²) in [6.07, 6.45) is 0. The molecular weight excluding hydrogens is 214 g/mol. The number of carboxylic acids is 1. The van der Waals surface area contributed by atoms with Gasteiger partial charge in [0.15, 0.2) is 0 Å². The number of nitrogens with zero attached hydrogens (tertiary/aromatic N) is 1. The molecule has 0 spiro atoms. The molecule has 1 aromatic rings. The molecule has 1 heterocycles. The summed E-state index contributed by atoms with van der Waals surface area (Å²) in [7, 11) is 1.49. The van der Waals surface area contributed by atoms with Crippen LogP contribution in [0.25, 0.3) is 0 Å². The maximum atomic E-state index is 10.9. The van der Waals surface area contributed by atoms with Gasteiger partial charge in [0.25, 0.3) is 0 Å². The van der Waals surface area contributed by atoms with Gasteiger partial charge in [0.1, 0.15) is 5.60 Å². The lowest BCUT2D eigenvalue weighted by Crippen LogP contribution is -2.20. The van der Waals surface area contributed by atoms with Crippen LogP contribution in [0.5, 0.6) is 5.95 Å². The number of hydrogen-bond acceptors (Lipinski definition) is 5.